The summed E-state index contributed by atoms with van der Waals surface area (Å²) in [6.45, 7) is 0. The van der Waals surface area contributed by atoms with Crippen molar-refractivity contribution in [3.05, 3.63) is 38.3 Å². The summed E-state index contributed by atoms with van der Waals surface area (Å²) in [4.78, 5) is 46.3. The van der Waals surface area contributed by atoms with E-state index in [0.29, 0.717) is 5.75 Å². The summed E-state index contributed by atoms with van der Waals surface area (Å²) >= 11 is 1.41. The van der Waals surface area contributed by atoms with Crippen LogP contribution in [0.15, 0.2) is 17.1 Å². The van der Waals surface area contributed by atoms with E-state index < -0.39 is 39.7 Å². The molecule has 1 atom stereocenters. The van der Waals surface area contributed by atoms with E-state index in [9.17, 15) is 24.5 Å². The monoisotopic (exact) mass is 315 g/mol. The first-order valence-corrected chi connectivity index (χ1v) is 7.16. The molecule has 114 valence electrons. The minimum Gasteiger partial charge on any atom is -0.480 e. The van der Waals surface area contributed by atoms with Gasteiger partial charge in [0.1, 0.15) is 11.6 Å². The van der Waals surface area contributed by atoms with Gasteiger partial charge in [0.2, 0.25) is 0 Å². The van der Waals surface area contributed by atoms with E-state index in [4.69, 9.17) is 5.11 Å². The Labute approximate surface area is 122 Å². The lowest BCUT2D eigenvalue weighted by atomic mass is 10.2. The van der Waals surface area contributed by atoms with Crippen LogP contribution in [0.3, 0.4) is 0 Å². The number of H-pyrrole nitrogens is 1. The quantitative estimate of drug-likeness (QED) is 0.482. The van der Waals surface area contributed by atoms with E-state index in [2.05, 4.69) is 10.3 Å². The van der Waals surface area contributed by atoms with Crippen molar-refractivity contribution in [2.75, 3.05) is 12.0 Å². The fourth-order valence-electron chi connectivity index (χ4n) is 1.48. The molecule has 0 saturated carbocycles. The van der Waals surface area contributed by atoms with Crippen molar-refractivity contribution < 1.29 is 19.6 Å². The average molecular weight is 315 g/mol. The molecule has 1 aromatic rings. The Kier molecular flexibility index (Phi) is 5.91. The van der Waals surface area contributed by atoms with Gasteiger partial charge in [-0.15, -0.1) is 0 Å². The minimum absolute atomic E-state index is 0.176. The van der Waals surface area contributed by atoms with Gasteiger partial charge in [0.25, 0.3) is 17.2 Å². The Hall–Kier alpha value is -2.36. The highest BCUT2D eigenvalue weighted by molar-refractivity contribution is 7.98. The average Bonchev–Trinajstić information content (AvgIpc) is 2.42. The second kappa shape index (κ2) is 7.43. The number of aromatic amines is 1. The van der Waals surface area contributed by atoms with Crippen molar-refractivity contribution in [1.29, 1.82) is 0 Å². The van der Waals surface area contributed by atoms with Gasteiger partial charge in [0, 0.05) is 6.07 Å². The third kappa shape index (κ3) is 4.60. The molecule has 3 N–H and O–H groups in total. The van der Waals surface area contributed by atoms with Crippen LogP contribution in [-0.4, -0.2) is 44.9 Å². The maximum atomic E-state index is 11.9. The summed E-state index contributed by atoms with van der Waals surface area (Å²) in [5.74, 6) is -1.70. The van der Waals surface area contributed by atoms with Crippen LogP contribution in [0.1, 0.15) is 16.8 Å². The number of carbonyl (C=O) groups is 2. The minimum atomic E-state index is -1.24. The van der Waals surface area contributed by atoms with Gasteiger partial charge in [-0.25, -0.2) is 4.79 Å². The second-order valence-corrected chi connectivity index (χ2v) is 4.99. The number of hydrogen-bond acceptors (Lipinski definition) is 6. The number of carbonyl (C=O) groups excluding carboxylic acids is 1. The van der Waals surface area contributed by atoms with E-state index in [0.717, 1.165) is 12.3 Å². The maximum Gasteiger partial charge on any atom is 0.326 e. The number of nitrogens with one attached hydrogen (secondary N) is 2. The van der Waals surface area contributed by atoms with Crippen molar-refractivity contribution in [3.8, 4) is 0 Å². The van der Waals surface area contributed by atoms with Gasteiger partial charge in [-0.3, -0.25) is 19.7 Å². The normalized spacial score (nSPS) is 11.7. The fourth-order valence-corrected chi connectivity index (χ4v) is 1.95. The van der Waals surface area contributed by atoms with E-state index >= 15 is 0 Å². The molecule has 1 heterocycles. The molecule has 0 spiro atoms. The number of aromatic nitrogens is 1. The molecule has 0 aromatic carbocycles. The molecule has 0 aliphatic rings. The molecule has 21 heavy (non-hydrogen) atoms. The summed E-state index contributed by atoms with van der Waals surface area (Å²) in [5, 5.41) is 21.8. The van der Waals surface area contributed by atoms with E-state index in [1.807, 2.05) is 0 Å². The molecule has 0 bridgehead atoms. The highest BCUT2D eigenvalue weighted by atomic mass is 32.2. The number of aliphatic carboxylic acids is 1. The van der Waals surface area contributed by atoms with Crippen LogP contribution in [0.2, 0.25) is 0 Å². The van der Waals surface area contributed by atoms with E-state index in [1.165, 1.54) is 11.8 Å². The van der Waals surface area contributed by atoms with Gasteiger partial charge < -0.3 is 15.4 Å². The zero-order valence-electron chi connectivity index (χ0n) is 11.0. The third-order valence-electron chi connectivity index (χ3n) is 2.56. The molecule has 0 fully saturated rings. The lowest BCUT2D eigenvalue weighted by Gasteiger charge is -2.13. The smallest absolute Gasteiger partial charge is 0.326 e. The second-order valence-electron chi connectivity index (χ2n) is 4.00. The molecule has 0 radical (unpaired) electrons. The molecule has 9 nitrogen and oxygen atoms in total. The van der Waals surface area contributed by atoms with Crippen molar-refractivity contribution in [2.45, 2.75) is 12.5 Å². The van der Waals surface area contributed by atoms with Gasteiger partial charge in [-0.2, -0.15) is 11.8 Å². The van der Waals surface area contributed by atoms with Crippen LogP contribution in [0.4, 0.5) is 5.69 Å². The topological polar surface area (TPSA) is 142 Å². The van der Waals surface area contributed by atoms with Gasteiger partial charge in [-0.05, 0) is 18.4 Å². The molecule has 1 amide bonds. The molecular formula is C11H13N3O6S. The van der Waals surface area contributed by atoms with Crippen molar-refractivity contribution in [3.63, 3.8) is 0 Å². The first-order chi connectivity index (χ1) is 9.86. The first-order valence-electron chi connectivity index (χ1n) is 5.76. The van der Waals surface area contributed by atoms with Crippen LogP contribution in [-0.2, 0) is 4.79 Å². The predicted octanol–water partition coefficient (Wildman–Crippen LogP) is 0.219. The molecule has 0 unspecified atom stereocenters. The summed E-state index contributed by atoms with van der Waals surface area (Å²) in [5.41, 5.74) is -1.79. The largest absolute Gasteiger partial charge is 0.480 e. The van der Waals surface area contributed by atoms with Gasteiger partial charge in [0.05, 0.1) is 11.1 Å². The molecule has 0 aliphatic heterocycles. The number of nitrogens with zero attached hydrogens (tertiary/aromatic N) is 1. The van der Waals surface area contributed by atoms with Crippen LogP contribution in [0, 0.1) is 10.1 Å². The summed E-state index contributed by atoms with van der Waals surface area (Å²) < 4.78 is 0. The highest BCUT2D eigenvalue weighted by Crippen LogP contribution is 2.09. The maximum absolute atomic E-state index is 11.9. The standard InChI is InChI=1S/C11H13N3O6S/c1-21-3-2-8(11(17)18)13-10(16)7-4-6(14(19)20)5-12-9(7)15/h4-5,8H,2-3H2,1H3,(H,12,15)(H,13,16)(H,17,18)/t8-/m0/s1. The number of amides is 1. The van der Waals surface area contributed by atoms with E-state index in [1.54, 1.807) is 6.26 Å². The molecular weight excluding hydrogens is 302 g/mol. The predicted molar refractivity (Wildman–Crippen MR) is 75.6 cm³/mol. The number of nitro groups is 1. The zero-order chi connectivity index (χ0) is 16.0. The van der Waals surface area contributed by atoms with Gasteiger partial charge >= 0.3 is 5.97 Å². The van der Waals surface area contributed by atoms with Crippen molar-refractivity contribution >= 4 is 29.3 Å². The Balaban J connectivity index is 2.97. The number of rotatable bonds is 7. The number of hydrogen-bond donors (Lipinski definition) is 3. The highest BCUT2D eigenvalue weighted by Gasteiger charge is 2.23. The number of carboxylic acids is 1. The molecule has 1 aromatic heterocycles. The number of pyridine rings is 1. The van der Waals surface area contributed by atoms with Crippen molar-refractivity contribution in [1.82, 2.24) is 10.3 Å². The molecule has 0 aliphatic carbocycles. The molecule has 1 rings (SSSR count). The Morgan fingerprint density at radius 2 is 2.24 bits per heavy atom. The molecule has 0 saturated heterocycles. The summed E-state index contributed by atoms with van der Waals surface area (Å²) in [6, 6.07) is -0.356. The summed E-state index contributed by atoms with van der Waals surface area (Å²) in [7, 11) is 0. The SMILES string of the molecule is CSCC[C@H](NC(=O)c1cc([N+](=O)[O-])c[nH]c1=O)C(=O)O. The first kappa shape index (κ1) is 16.7. The lowest BCUT2D eigenvalue weighted by Crippen LogP contribution is -2.42. The van der Waals surface area contributed by atoms with Crippen LogP contribution in [0.5, 0.6) is 0 Å². The van der Waals surface area contributed by atoms with Crippen LogP contribution >= 0.6 is 11.8 Å². The van der Waals surface area contributed by atoms with Crippen LogP contribution < -0.4 is 10.9 Å². The van der Waals surface area contributed by atoms with Crippen molar-refractivity contribution in [2.24, 2.45) is 0 Å². The van der Waals surface area contributed by atoms with Gasteiger partial charge in [0.15, 0.2) is 0 Å². The fraction of sp³-hybridized carbons (Fsp3) is 0.364. The number of carboxylic acid groups (broad SMARTS) is 1. The molecule has 10 heteroatoms. The number of thioether (sulfide) groups is 1. The zero-order valence-corrected chi connectivity index (χ0v) is 11.8. The summed E-state index contributed by atoms with van der Waals surface area (Å²) in [6.07, 6.45) is 2.82. The van der Waals surface area contributed by atoms with Gasteiger partial charge in [-0.1, -0.05) is 0 Å². The Morgan fingerprint density at radius 3 is 2.76 bits per heavy atom. The Morgan fingerprint density at radius 1 is 1.57 bits per heavy atom. The van der Waals surface area contributed by atoms with Crippen LogP contribution in [0.25, 0.3) is 0 Å². The third-order valence-corrected chi connectivity index (χ3v) is 3.20. The van der Waals surface area contributed by atoms with E-state index in [-0.39, 0.29) is 6.42 Å². The Bertz CT molecular complexity index is 614. The lowest BCUT2D eigenvalue weighted by molar-refractivity contribution is -0.385.